The molecule has 12 nitrogen and oxygen atoms in total. The van der Waals surface area contributed by atoms with Gasteiger partial charge >= 0.3 is 6.09 Å². The number of benzene rings is 2. The molecule has 4 heterocycles. The summed E-state index contributed by atoms with van der Waals surface area (Å²) in [6.07, 6.45) is 1.44. The Morgan fingerprint density at radius 3 is 2.28 bits per heavy atom. The zero-order chi connectivity index (χ0) is 33.6. The zero-order valence-electron chi connectivity index (χ0n) is 26.8. The number of piperidine rings is 1. The number of sulfonamides is 1. The van der Waals surface area contributed by atoms with Gasteiger partial charge in [-0.05, 0) is 63.6 Å². The molecule has 0 N–H and O–H groups in total. The van der Waals surface area contributed by atoms with Gasteiger partial charge in [0, 0.05) is 62.5 Å². The molecule has 3 aliphatic heterocycles. The van der Waals surface area contributed by atoms with E-state index in [1.807, 2.05) is 0 Å². The lowest BCUT2D eigenvalue weighted by molar-refractivity contribution is -0.185. The van der Waals surface area contributed by atoms with Crippen LogP contribution in [0.5, 0.6) is 0 Å². The number of halogens is 1. The highest BCUT2D eigenvalue weighted by Gasteiger charge is 2.42. The van der Waals surface area contributed by atoms with Crippen molar-refractivity contribution in [1.82, 2.24) is 18.1 Å². The Bertz CT molecular complexity index is 1830. The van der Waals surface area contributed by atoms with Crippen molar-refractivity contribution >= 4 is 48.6 Å². The second kappa shape index (κ2) is 13.0. The van der Waals surface area contributed by atoms with Gasteiger partial charge in [0.05, 0.1) is 29.7 Å². The van der Waals surface area contributed by atoms with Gasteiger partial charge in [-0.15, -0.1) is 0 Å². The molecule has 6 rings (SSSR count). The van der Waals surface area contributed by atoms with Gasteiger partial charge in [0.2, 0.25) is 0 Å². The number of carbonyl (C=O) groups is 1. The maximum absolute atomic E-state index is 14.5. The number of likely N-dealkylation sites (tertiary alicyclic amines) is 1. The standard InChI is InChI=1S/C32H41ClN4O8S2/c1-31(2,3)45-30(38)36-18-17-35(23-26(36)11-14-34-15-12-32(13-16-34)43-19-20-44-32)47(41,42)29-22-24-21-25(33)9-10-28(24)37(29)46(39,40)27-7-5-4-6-8-27/h4-10,21-22,26H,11-20,23H2,1-3H3. The monoisotopic (exact) mass is 708 g/mol. The lowest BCUT2D eigenvalue weighted by Gasteiger charge is -2.42. The number of fused-ring (bicyclic) bond motifs is 1. The third kappa shape index (κ3) is 7.05. The highest BCUT2D eigenvalue weighted by Crippen LogP contribution is 2.34. The second-order valence-corrected chi connectivity index (χ2v) is 17.3. The molecule has 0 bridgehead atoms. The zero-order valence-corrected chi connectivity index (χ0v) is 29.2. The number of aromatic nitrogens is 1. The first kappa shape index (κ1) is 34.2. The molecule has 1 atom stereocenters. The predicted octanol–water partition coefficient (Wildman–Crippen LogP) is 4.37. The van der Waals surface area contributed by atoms with Gasteiger partial charge in [-0.1, -0.05) is 29.8 Å². The number of amides is 1. The Morgan fingerprint density at radius 2 is 1.62 bits per heavy atom. The van der Waals surface area contributed by atoms with E-state index in [4.69, 9.17) is 25.8 Å². The Balaban J connectivity index is 1.30. The molecule has 1 aromatic heterocycles. The minimum absolute atomic E-state index is 0.0285. The topological polar surface area (TPSA) is 128 Å². The number of nitrogens with zero attached hydrogens (tertiary/aromatic N) is 4. The molecule has 0 radical (unpaired) electrons. The van der Waals surface area contributed by atoms with Crippen LogP contribution in [-0.4, -0.2) is 111 Å². The van der Waals surface area contributed by atoms with Crippen molar-refractivity contribution in [2.75, 3.05) is 52.5 Å². The summed E-state index contributed by atoms with van der Waals surface area (Å²) < 4.78 is 76.6. The molecule has 3 aliphatic rings. The fourth-order valence-electron chi connectivity index (χ4n) is 6.48. The molecule has 47 heavy (non-hydrogen) atoms. The fourth-order valence-corrected chi connectivity index (χ4v) is 10.2. The lowest BCUT2D eigenvalue weighted by atomic mass is 10.0. The normalized spacial score (nSPS) is 21.4. The average molecular weight is 709 g/mol. The first-order valence-corrected chi connectivity index (χ1v) is 19.1. The van der Waals surface area contributed by atoms with E-state index in [-0.39, 0.29) is 35.1 Å². The van der Waals surface area contributed by atoms with E-state index in [0.717, 1.165) is 29.9 Å². The summed E-state index contributed by atoms with van der Waals surface area (Å²) >= 11 is 6.23. The molecule has 3 aromatic rings. The molecule has 0 saturated carbocycles. The molecular formula is C32H41ClN4O8S2. The van der Waals surface area contributed by atoms with Crippen LogP contribution >= 0.6 is 11.6 Å². The first-order chi connectivity index (χ1) is 22.2. The molecule has 3 fully saturated rings. The molecular weight excluding hydrogens is 668 g/mol. The van der Waals surface area contributed by atoms with Crippen molar-refractivity contribution in [3.63, 3.8) is 0 Å². The van der Waals surface area contributed by atoms with Crippen LogP contribution in [0.1, 0.15) is 40.0 Å². The van der Waals surface area contributed by atoms with Crippen molar-refractivity contribution < 1.29 is 35.8 Å². The molecule has 3 saturated heterocycles. The second-order valence-electron chi connectivity index (χ2n) is 13.2. The van der Waals surface area contributed by atoms with E-state index >= 15 is 0 Å². The first-order valence-electron chi connectivity index (χ1n) is 15.8. The molecule has 0 aliphatic carbocycles. The summed E-state index contributed by atoms with van der Waals surface area (Å²) in [4.78, 5) is 17.2. The molecule has 1 unspecified atom stereocenters. The Kier molecular flexibility index (Phi) is 9.41. The molecule has 256 valence electrons. The minimum atomic E-state index is -4.39. The highest BCUT2D eigenvalue weighted by molar-refractivity contribution is 7.92. The van der Waals surface area contributed by atoms with E-state index < -0.39 is 43.6 Å². The van der Waals surface area contributed by atoms with Crippen molar-refractivity contribution in [3.05, 3.63) is 59.6 Å². The lowest BCUT2D eigenvalue weighted by Crippen LogP contribution is -2.58. The third-order valence-corrected chi connectivity index (χ3v) is 12.8. The van der Waals surface area contributed by atoms with Crippen LogP contribution in [0.3, 0.4) is 0 Å². The number of hydrogen-bond acceptors (Lipinski definition) is 9. The van der Waals surface area contributed by atoms with E-state index in [9.17, 15) is 21.6 Å². The van der Waals surface area contributed by atoms with Crippen LogP contribution in [0.25, 0.3) is 10.9 Å². The molecule has 15 heteroatoms. The summed E-state index contributed by atoms with van der Waals surface area (Å²) in [6, 6.07) is 13.1. The summed E-state index contributed by atoms with van der Waals surface area (Å²) in [5.74, 6) is -0.516. The minimum Gasteiger partial charge on any atom is -0.444 e. The Morgan fingerprint density at radius 1 is 0.936 bits per heavy atom. The van der Waals surface area contributed by atoms with Gasteiger partial charge in [0.1, 0.15) is 5.60 Å². The summed E-state index contributed by atoms with van der Waals surface area (Å²) in [5, 5.41) is 0.329. The predicted molar refractivity (Wildman–Crippen MR) is 176 cm³/mol. The van der Waals surface area contributed by atoms with E-state index in [2.05, 4.69) is 4.90 Å². The number of piperazine rings is 1. The summed E-state index contributed by atoms with van der Waals surface area (Å²) in [5.41, 5.74) is -0.541. The van der Waals surface area contributed by atoms with Gasteiger partial charge < -0.3 is 24.0 Å². The average Bonchev–Trinajstić information content (AvgIpc) is 3.65. The molecule has 1 amide bonds. The maximum Gasteiger partial charge on any atom is 0.410 e. The Labute approximate surface area is 281 Å². The van der Waals surface area contributed by atoms with Crippen molar-refractivity contribution in [1.29, 1.82) is 0 Å². The summed E-state index contributed by atoms with van der Waals surface area (Å²) in [6.45, 7) is 8.69. The van der Waals surface area contributed by atoms with Gasteiger partial charge in [0.15, 0.2) is 10.8 Å². The third-order valence-electron chi connectivity index (χ3n) is 8.86. The van der Waals surface area contributed by atoms with Crippen molar-refractivity contribution in [3.8, 4) is 0 Å². The highest BCUT2D eigenvalue weighted by atomic mass is 35.5. The van der Waals surface area contributed by atoms with E-state index in [1.165, 1.54) is 34.6 Å². The fraction of sp³-hybridized carbons (Fsp3) is 0.531. The van der Waals surface area contributed by atoms with Crippen molar-refractivity contribution in [2.24, 2.45) is 0 Å². The number of carbonyl (C=O) groups excluding carboxylic acids is 1. The molecule has 2 aromatic carbocycles. The smallest absolute Gasteiger partial charge is 0.410 e. The Hall–Kier alpha value is -2.72. The van der Waals surface area contributed by atoms with Crippen LogP contribution in [0.15, 0.2) is 64.5 Å². The van der Waals surface area contributed by atoms with Crippen LogP contribution in [0, 0.1) is 0 Å². The summed E-state index contributed by atoms with van der Waals surface area (Å²) in [7, 11) is -8.71. The number of ether oxygens (including phenoxy) is 3. The van der Waals surface area contributed by atoms with Gasteiger partial charge in [-0.2, -0.15) is 4.31 Å². The quantitative estimate of drug-likeness (QED) is 0.352. The maximum atomic E-state index is 14.5. The van der Waals surface area contributed by atoms with Gasteiger partial charge in [-0.25, -0.2) is 25.6 Å². The van der Waals surface area contributed by atoms with Gasteiger partial charge in [-0.3, -0.25) is 0 Å². The van der Waals surface area contributed by atoms with Crippen LogP contribution in [-0.2, 0) is 34.3 Å². The van der Waals surface area contributed by atoms with Crippen molar-refractivity contribution in [2.45, 2.75) is 67.4 Å². The van der Waals surface area contributed by atoms with Crippen LogP contribution in [0.2, 0.25) is 5.02 Å². The van der Waals surface area contributed by atoms with Gasteiger partial charge in [0.25, 0.3) is 20.0 Å². The number of rotatable bonds is 7. The van der Waals surface area contributed by atoms with Crippen LogP contribution in [0.4, 0.5) is 4.79 Å². The van der Waals surface area contributed by atoms with E-state index in [0.29, 0.717) is 36.6 Å². The SMILES string of the molecule is CC(C)(C)OC(=O)N1CCN(S(=O)(=O)c2cc3cc(Cl)ccc3n2S(=O)(=O)c2ccccc2)CC1CCN1CCC2(CC1)OCCO2. The number of hydrogen-bond donors (Lipinski definition) is 0. The van der Waals surface area contributed by atoms with E-state index in [1.54, 1.807) is 49.9 Å². The largest absolute Gasteiger partial charge is 0.444 e. The van der Waals surface area contributed by atoms with Crippen LogP contribution < -0.4 is 0 Å². The molecule has 1 spiro atoms.